The van der Waals surface area contributed by atoms with Gasteiger partial charge in [0, 0.05) is 51.6 Å². The minimum Gasteiger partial charge on any atom is -0.381 e. The van der Waals surface area contributed by atoms with Gasteiger partial charge in [-0.05, 0) is 38.3 Å². The summed E-state index contributed by atoms with van der Waals surface area (Å²) in [4.78, 5) is 10.8. The summed E-state index contributed by atoms with van der Waals surface area (Å²) in [5.74, 6) is 0.981. The number of rotatable bonds is 10. The van der Waals surface area contributed by atoms with Crippen LogP contribution < -0.4 is 15.5 Å². The molecular weight excluding hydrogens is 460 g/mol. The van der Waals surface area contributed by atoms with Gasteiger partial charge in [0.25, 0.3) is 0 Å². The number of nitrogens with one attached hydrogen (secondary N) is 2. The Bertz CT molecular complexity index is 561. The fraction of sp³-hybridized carbons (Fsp3) is 0.684. The number of halogens is 2. The lowest BCUT2D eigenvalue weighted by atomic mass is 10.3. The smallest absolute Gasteiger partial charge is 0.191 e. The van der Waals surface area contributed by atoms with Crippen LogP contribution in [0.5, 0.6) is 0 Å². The molecule has 2 rings (SSSR count). The van der Waals surface area contributed by atoms with Crippen molar-refractivity contribution in [3.05, 3.63) is 24.1 Å². The Morgan fingerprint density at radius 3 is 2.93 bits per heavy atom. The quantitative estimate of drug-likeness (QED) is 0.227. The first kappa shape index (κ1) is 23.9. The fourth-order valence-corrected chi connectivity index (χ4v) is 2.90. The van der Waals surface area contributed by atoms with E-state index in [-0.39, 0.29) is 35.8 Å². The molecule has 0 aromatic carbocycles. The Morgan fingerprint density at radius 1 is 1.37 bits per heavy atom. The maximum atomic E-state index is 13.9. The van der Waals surface area contributed by atoms with Crippen LogP contribution in [0.1, 0.15) is 39.5 Å². The maximum absolute atomic E-state index is 13.9. The molecule has 2 N–H and O–H groups in total. The van der Waals surface area contributed by atoms with Gasteiger partial charge < -0.3 is 20.3 Å². The van der Waals surface area contributed by atoms with Crippen LogP contribution in [-0.4, -0.2) is 56.4 Å². The molecule has 0 radical (unpaired) electrons. The summed E-state index contributed by atoms with van der Waals surface area (Å²) in [6.07, 6.45) is 5.75. The molecule has 0 saturated carbocycles. The molecule has 27 heavy (non-hydrogen) atoms. The van der Waals surface area contributed by atoms with Gasteiger partial charge in [0.2, 0.25) is 0 Å². The second-order valence-corrected chi connectivity index (χ2v) is 6.46. The van der Waals surface area contributed by atoms with Crippen molar-refractivity contribution < 1.29 is 9.13 Å². The van der Waals surface area contributed by atoms with E-state index in [2.05, 4.69) is 34.5 Å². The highest BCUT2D eigenvalue weighted by Gasteiger charge is 2.25. The minimum absolute atomic E-state index is 0. The molecule has 1 aromatic heterocycles. The number of pyridine rings is 1. The van der Waals surface area contributed by atoms with E-state index in [4.69, 9.17) is 4.74 Å². The maximum Gasteiger partial charge on any atom is 0.191 e. The normalized spacial score (nSPS) is 16.9. The lowest BCUT2D eigenvalue weighted by Gasteiger charge is -2.19. The summed E-state index contributed by atoms with van der Waals surface area (Å²) in [5.41, 5.74) is 0. The standard InChI is InChI=1S/C19H32FN5O.HI/c1-3-5-13-26-14-7-11-23-19(21-4-2)24-16-9-12-25(15-16)18-17(20)8-6-10-22-18;/h6,8,10,16H,3-5,7,9,11-15H2,1-2H3,(H2,21,23,24);1H. The van der Waals surface area contributed by atoms with E-state index in [0.717, 1.165) is 71.0 Å². The van der Waals surface area contributed by atoms with Crippen molar-refractivity contribution in [2.24, 2.45) is 4.99 Å². The lowest BCUT2D eigenvalue weighted by Crippen LogP contribution is -2.44. The third-order valence-electron chi connectivity index (χ3n) is 4.27. The summed E-state index contributed by atoms with van der Waals surface area (Å²) in [5, 5.41) is 6.73. The number of unbranched alkanes of at least 4 members (excludes halogenated alkanes) is 1. The van der Waals surface area contributed by atoms with E-state index < -0.39 is 0 Å². The van der Waals surface area contributed by atoms with Crippen LogP contribution in [0.2, 0.25) is 0 Å². The van der Waals surface area contributed by atoms with Crippen molar-refractivity contribution >= 4 is 35.8 Å². The zero-order valence-electron chi connectivity index (χ0n) is 16.4. The molecule has 0 spiro atoms. The highest BCUT2D eigenvalue weighted by Crippen LogP contribution is 2.20. The molecular formula is C19H33FIN5O. The fourth-order valence-electron chi connectivity index (χ4n) is 2.90. The van der Waals surface area contributed by atoms with E-state index in [1.807, 2.05) is 4.90 Å². The van der Waals surface area contributed by atoms with Gasteiger partial charge in [0.15, 0.2) is 17.6 Å². The van der Waals surface area contributed by atoms with Crippen LogP contribution in [0.25, 0.3) is 0 Å². The zero-order chi connectivity index (χ0) is 18.6. The third kappa shape index (κ3) is 8.59. The summed E-state index contributed by atoms with van der Waals surface area (Å²) in [6, 6.07) is 3.30. The van der Waals surface area contributed by atoms with Gasteiger partial charge in [-0.25, -0.2) is 9.37 Å². The van der Waals surface area contributed by atoms with Crippen molar-refractivity contribution in [2.75, 3.05) is 44.3 Å². The molecule has 0 amide bonds. The monoisotopic (exact) mass is 493 g/mol. The Balaban J connectivity index is 0.00000364. The predicted molar refractivity (Wildman–Crippen MR) is 120 cm³/mol. The van der Waals surface area contributed by atoms with Crippen LogP contribution in [0.3, 0.4) is 0 Å². The van der Waals surface area contributed by atoms with Crippen molar-refractivity contribution in [3.63, 3.8) is 0 Å². The molecule has 1 saturated heterocycles. The molecule has 6 nitrogen and oxygen atoms in total. The Labute approximate surface area is 179 Å². The van der Waals surface area contributed by atoms with Gasteiger partial charge in [0.05, 0.1) is 0 Å². The number of nitrogens with zero attached hydrogens (tertiary/aromatic N) is 3. The summed E-state index contributed by atoms with van der Waals surface area (Å²) in [7, 11) is 0. The molecule has 1 aromatic rings. The van der Waals surface area contributed by atoms with E-state index >= 15 is 0 Å². The van der Waals surface area contributed by atoms with Crippen molar-refractivity contribution in [1.29, 1.82) is 0 Å². The highest BCUT2D eigenvalue weighted by molar-refractivity contribution is 14.0. The number of hydrogen-bond donors (Lipinski definition) is 2. The van der Waals surface area contributed by atoms with E-state index in [9.17, 15) is 4.39 Å². The van der Waals surface area contributed by atoms with Gasteiger partial charge in [-0.1, -0.05) is 13.3 Å². The van der Waals surface area contributed by atoms with Crippen molar-refractivity contribution in [1.82, 2.24) is 15.6 Å². The van der Waals surface area contributed by atoms with Gasteiger partial charge in [-0.3, -0.25) is 4.99 Å². The number of ether oxygens (including phenoxy) is 1. The molecule has 1 atom stereocenters. The SMILES string of the molecule is CCCCOCCCN=C(NCC)NC1CCN(c2ncccc2F)C1.I. The molecule has 1 fully saturated rings. The molecule has 1 aliphatic rings. The summed E-state index contributed by atoms with van der Waals surface area (Å²) in [6.45, 7) is 8.84. The lowest BCUT2D eigenvalue weighted by molar-refractivity contribution is 0.130. The number of hydrogen-bond acceptors (Lipinski definition) is 4. The van der Waals surface area contributed by atoms with E-state index in [0.29, 0.717) is 5.82 Å². The van der Waals surface area contributed by atoms with Crippen LogP contribution >= 0.6 is 24.0 Å². The molecule has 0 aliphatic carbocycles. The Hall–Kier alpha value is -1.16. The molecule has 2 heterocycles. The number of anilines is 1. The van der Waals surface area contributed by atoms with Crippen molar-refractivity contribution in [2.45, 2.75) is 45.6 Å². The van der Waals surface area contributed by atoms with Gasteiger partial charge in [-0.2, -0.15) is 0 Å². The second kappa shape index (κ2) is 13.9. The highest BCUT2D eigenvalue weighted by atomic mass is 127. The largest absolute Gasteiger partial charge is 0.381 e. The molecule has 0 bridgehead atoms. The molecule has 8 heteroatoms. The third-order valence-corrected chi connectivity index (χ3v) is 4.27. The number of guanidine groups is 1. The van der Waals surface area contributed by atoms with Crippen LogP contribution in [0.4, 0.5) is 10.2 Å². The average Bonchev–Trinajstić information content (AvgIpc) is 3.09. The summed E-state index contributed by atoms with van der Waals surface area (Å²) >= 11 is 0. The van der Waals surface area contributed by atoms with Crippen LogP contribution in [-0.2, 0) is 4.74 Å². The predicted octanol–water partition coefficient (Wildman–Crippen LogP) is 3.18. The van der Waals surface area contributed by atoms with Crippen LogP contribution in [0, 0.1) is 5.82 Å². The van der Waals surface area contributed by atoms with Gasteiger partial charge in [-0.15, -0.1) is 24.0 Å². The average molecular weight is 493 g/mol. The Morgan fingerprint density at radius 2 is 2.19 bits per heavy atom. The summed E-state index contributed by atoms with van der Waals surface area (Å²) < 4.78 is 19.5. The topological polar surface area (TPSA) is 61.8 Å². The van der Waals surface area contributed by atoms with Crippen molar-refractivity contribution in [3.8, 4) is 0 Å². The zero-order valence-corrected chi connectivity index (χ0v) is 18.7. The Kier molecular flexibility index (Phi) is 12.3. The van der Waals surface area contributed by atoms with E-state index in [1.54, 1.807) is 12.3 Å². The van der Waals surface area contributed by atoms with Gasteiger partial charge >= 0.3 is 0 Å². The first-order valence-electron chi connectivity index (χ1n) is 9.72. The molecule has 1 unspecified atom stereocenters. The van der Waals surface area contributed by atoms with Crippen LogP contribution in [0.15, 0.2) is 23.3 Å². The van der Waals surface area contributed by atoms with Gasteiger partial charge in [0.1, 0.15) is 0 Å². The second-order valence-electron chi connectivity index (χ2n) is 6.46. The molecule has 154 valence electrons. The minimum atomic E-state index is -0.267. The number of aliphatic imine (C=N–C) groups is 1. The molecule has 1 aliphatic heterocycles. The first-order valence-corrected chi connectivity index (χ1v) is 9.72. The number of aromatic nitrogens is 1. The first-order chi connectivity index (χ1) is 12.7. The van der Waals surface area contributed by atoms with E-state index in [1.165, 1.54) is 6.07 Å².